The molecule has 1 aromatic rings. The van der Waals surface area contributed by atoms with Gasteiger partial charge in [0.15, 0.2) is 0 Å². The Morgan fingerprint density at radius 1 is 1.38 bits per heavy atom. The second-order valence-corrected chi connectivity index (χ2v) is 5.51. The van der Waals surface area contributed by atoms with Gasteiger partial charge in [0.25, 0.3) is 5.91 Å². The minimum absolute atomic E-state index is 0.324. The number of benzene rings is 1. The van der Waals surface area contributed by atoms with E-state index in [9.17, 15) is 18.0 Å². The second-order valence-electron chi connectivity index (χ2n) is 5.51. The van der Waals surface area contributed by atoms with Crippen LogP contribution in [0.4, 0.5) is 18.9 Å². The number of amides is 1. The van der Waals surface area contributed by atoms with Crippen molar-refractivity contribution in [2.45, 2.75) is 38.9 Å². The maximum absolute atomic E-state index is 12.7. The van der Waals surface area contributed by atoms with Gasteiger partial charge >= 0.3 is 6.18 Å². The van der Waals surface area contributed by atoms with Crippen LogP contribution in [0.1, 0.15) is 36.2 Å². The average Bonchev–Trinajstić information content (AvgIpc) is 2.42. The van der Waals surface area contributed by atoms with Crippen LogP contribution in [0.15, 0.2) is 18.2 Å². The zero-order valence-corrected chi connectivity index (χ0v) is 12.1. The van der Waals surface area contributed by atoms with Crippen molar-refractivity contribution in [2.24, 2.45) is 0 Å². The summed E-state index contributed by atoms with van der Waals surface area (Å²) in [5.74, 6) is -0.575. The second kappa shape index (κ2) is 5.95. The molecule has 0 aromatic heterocycles. The molecule has 0 aliphatic carbocycles. The highest BCUT2D eigenvalue weighted by molar-refractivity contribution is 6.00. The molecule has 1 aliphatic heterocycles. The molecule has 21 heavy (non-hydrogen) atoms. The Labute approximate surface area is 122 Å². The lowest BCUT2D eigenvalue weighted by Crippen LogP contribution is -2.43. The van der Waals surface area contributed by atoms with Crippen LogP contribution < -0.4 is 5.32 Å². The minimum Gasteiger partial charge on any atom is -0.384 e. The van der Waals surface area contributed by atoms with E-state index in [1.54, 1.807) is 26.0 Å². The number of halogens is 3. The molecule has 0 unspecified atom stereocenters. The summed E-state index contributed by atoms with van der Waals surface area (Å²) in [7, 11) is 0. The molecule has 0 saturated carbocycles. The first-order chi connectivity index (χ1) is 9.79. The van der Waals surface area contributed by atoms with Crippen molar-refractivity contribution in [2.75, 3.05) is 18.4 Å². The topological polar surface area (TPSA) is 32.3 Å². The third kappa shape index (κ3) is 3.68. The summed E-state index contributed by atoms with van der Waals surface area (Å²) in [6, 6.07) is 4.71. The number of nitrogens with zero attached hydrogens (tertiary/aromatic N) is 1. The van der Waals surface area contributed by atoms with Gasteiger partial charge in [-0.05, 0) is 38.3 Å². The molecule has 1 N–H and O–H groups in total. The van der Waals surface area contributed by atoms with Crippen LogP contribution in [0.3, 0.4) is 0 Å². The number of nitrogens with one attached hydrogen (secondary N) is 1. The fourth-order valence-electron chi connectivity index (χ4n) is 2.52. The summed E-state index contributed by atoms with van der Waals surface area (Å²) in [6.45, 7) is 2.68. The molecule has 0 spiro atoms. The normalized spacial score (nSPS) is 14.6. The molecule has 2 rings (SSSR count). The van der Waals surface area contributed by atoms with Crippen molar-refractivity contribution in [3.63, 3.8) is 0 Å². The van der Waals surface area contributed by atoms with Crippen LogP contribution in [0, 0.1) is 0 Å². The molecular weight excluding hydrogens is 281 g/mol. The molecule has 0 atom stereocenters. The van der Waals surface area contributed by atoms with E-state index in [0.29, 0.717) is 11.3 Å². The maximum atomic E-state index is 12.7. The van der Waals surface area contributed by atoms with Gasteiger partial charge < -0.3 is 10.2 Å². The number of hydrogen-bond donors (Lipinski definition) is 1. The van der Waals surface area contributed by atoms with Crippen molar-refractivity contribution in [3.8, 4) is 0 Å². The van der Waals surface area contributed by atoms with Gasteiger partial charge in [-0.2, -0.15) is 13.2 Å². The van der Waals surface area contributed by atoms with Crippen LogP contribution in [0.25, 0.3) is 0 Å². The van der Waals surface area contributed by atoms with Gasteiger partial charge in [-0.1, -0.05) is 12.1 Å². The molecule has 116 valence electrons. The smallest absolute Gasteiger partial charge is 0.384 e. The molecule has 0 fully saturated rings. The summed E-state index contributed by atoms with van der Waals surface area (Å²) in [6.07, 6.45) is -2.60. The van der Waals surface area contributed by atoms with Gasteiger partial charge in [-0.3, -0.25) is 4.79 Å². The molecular formula is C15H19F3N2O. The number of para-hydroxylation sites is 1. The predicted molar refractivity (Wildman–Crippen MR) is 75.5 cm³/mol. The summed E-state index contributed by atoms with van der Waals surface area (Å²) >= 11 is 0. The Morgan fingerprint density at radius 2 is 2.10 bits per heavy atom. The summed E-state index contributed by atoms with van der Waals surface area (Å²) < 4.78 is 38.0. The molecule has 0 saturated heterocycles. The van der Waals surface area contributed by atoms with Crippen molar-refractivity contribution in [1.82, 2.24) is 4.90 Å². The Kier molecular flexibility index (Phi) is 4.44. The van der Waals surface area contributed by atoms with Gasteiger partial charge in [0.05, 0.1) is 11.3 Å². The third-order valence-electron chi connectivity index (χ3n) is 3.54. The summed E-state index contributed by atoms with van der Waals surface area (Å²) in [5.41, 5.74) is 1.99. The SMILES string of the molecule is CC(C)N(CC(F)(F)F)C(=O)c1cccc2c1NCCC2. The Hall–Kier alpha value is -1.72. The molecule has 0 bridgehead atoms. The first-order valence-corrected chi connectivity index (χ1v) is 7.03. The Morgan fingerprint density at radius 3 is 2.71 bits per heavy atom. The van der Waals surface area contributed by atoms with Crippen molar-refractivity contribution in [1.29, 1.82) is 0 Å². The van der Waals surface area contributed by atoms with E-state index in [2.05, 4.69) is 5.32 Å². The van der Waals surface area contributed by atoms with Crippen LogP contribution in [0.2, 0.25) is 0 Å². The zero-order valence-electron chi connectivity index (χ0n) is 12.1. The number of carbonyl (C=O) groups is 1. The predicted octanol–water partition coefficient (Wildman–Crippen LogP) is 3.46. The van der Waals surface area contributed by atoms with Crippen molar-refractivity contribution in [3.05, 3.63) is 29.3 Å². The van der Waals surface area contributed by atoms with E-state index >= 15 is 0 Å². The fourth-order valence-corrected chi connectivity index (χ4v) is 2.52. The van der Waals surface area contributed by atoms with E-state index in [1.165, 1.54) is 0 Å². The van der Waals surface area contributed by atoms with Crippen molar-refractivity contribution < 1.29 is 18.0 Å². The number of aryl methyl sites for hydroxylation is 1. The summed E-state index contributed by atoms with van der Waals surface area (Å²) in [4.78, 5) is 13.4. The molecule has 6 heteroatoms. The molecule has 1 aromatic carbocycles. The molecule has 1 aliphatic rings. The monoisotopic (exact) mass is 300 g/mol. The van der Waals surface area contributed by atoms with Gasteiger partial charge in [0.1, 0.15) is 6.54 Å². The lowest BCUT2D eigenvalue weighted by atomic mass is 9.98. The lowest BCUT2D eigenvalue weighted by Gasteiger charge is -2.30. The van der Waals surface area contributed by atoms with Gasteiger partial charge in [-0.15, -0.1) is 0 Å². The number of rotatable bonds is 3. The number of carbonyl (C=O) groups excluding carboxylic acids is 1. The maximum Gasteiger partial charge on any atom is 0.406 e. The van der Waals surface area contributed by atoms with Crippen molar-refractivity contribution >= 4 is 11.6 Å². The summed E-state index contributed by atoms with van der Waals surface area (Å²) in [5, 5.41) is 3.14. The highest BCUT2D eigenvalue weighted by Gasteiger charge is 2.35. The fraction of sp³-hybridized carbons (Fsp3) is 0.533. The van der Waals surface area contributed by atoms with Gasteiger partial charge in [0.2, 0.25) is 0 Å². The Bertz CT molecular complexity index is 526. The Balaban J connectivity index is 2.33. The van der Waals surface area contributed by atoms with Crippen LogP contribution >= 0.6 is 0 Å². The lowest BCUT2D eigenvalue weighted by molar-refractivity contribution is -0.143. The van der Waals surface area contributed by atoms with Crippen LogP contribution in [-0.4, -0.2) is 36.1 Å². The number of anilines is 1. The largest absolute Gasteiger partial charge is 0.406 e. The zero-order chi connectivity index (χ0) is 15.6. The van der Waals surface area contributed by atoms with Crippen LogP contribution in [-0.2, 0) is 6.42 Å². The standard InChI is InChI=1S/C15H19F3N2O/c1-10(2)20(9-15(16,17)18)14(21)12-7-3-5-11-6-4-8-19-13(11)12/h3,5,7,10,19H,4,6,8-9H2,1-2H3. The third-order valence-corrected chi connectivity index (χ3v) is 3.54. The van der Waals surface area contributed by atoms with E-state index in [1.807, 2.05) is 6.07 Å². The number of fused-ring (bicyclic) bond motifs is 1. The number of hydrogen-bond acceptors (Lipinski definition) is 2. The van der Waals surface area contributed by atoms with E-state index in [0.717, 1.165) is 29.8 Å². The first-order valence-electron chi connectivity index (χ1n) is 7.03. The van der Waals surface area contributed by atoms with E-state index in [-0.39, 0.29) is 0 Å². The molecule has 0 radical (unpaired) electrons. The molecule has 3 nitrogen and oxygen atoms in total. The van der Waals surface area contributed by atoms with Crippen LogP contribution in [0.5, 0.6) is 0 Å². The number of alkyl halides is 3. The van der Waals surface area contributed by atoms with Gasteiger partial charge in [-0.25, -0.2) is 0 Å². The van der Waals surface area contributed by atoms with E-state index in [4.69, 9.17) is 0 Å². The van der Waals surface area contributed by atoms with E-state index < -0.39 is 24.7 Å². The van der Waals surface area contributed by atoms with Gasteiger partial charge in [0, 0.05) is 12.6 Å². The average molecular weight is 300 g/mol. The highest BCUT2D eigenvalue weighted by atomic mass is 19.4. The molecule has 1 amide bonds. The highest BCUT2D eigenvalue weighted by Crippen LogP contribution is 2.28. The molecule has 1 heterocycles. The quantitative estimate of drug-likeness (QED) is 0.927. The minimum atomic E-state index is -4.40. The first kappa shape index (κ1) is 15.7.